The fourth-order valence-corrected chi connectivity index (χ4v) is 1.62. The molecule has 0 aliphatic carbocycles. The predicted molar refractivity (Wildman–Crippen MR) is 63.0 cm³/mol. The molecule has 3 heteroatoms. The van der Waals surface area contributed by atoms with Crippen LogP contribution in [-0.4, -0.2) is 23.6 Å². The number of hydrogen-bond donors (Lipinski definition) is 1. The van der Waals surface area contributed by atoms with Crippen LogP contribution in [0, 0.1) is 6.92 Å². The van der Waals surface area contributed by atoms with Crippen LogP contribution < -0.4 is 5.32 Å². The number of nitrogens with zero attached hydrogens (tertiary/aromatic N) is 2. The first-order valence-corrected chi connectivity index (χ1v) is 5.74. The number of nitrogens with one attached hydrogen (secondary N) is 1. The minimum absolute atomic E-state index is 0.971. The second-order valence-electron chi connectivity index (χ2n) is 3.87. The van der Waals surface area contributed by atoms with Crippen LogP contribution in [-0.2, 0) is 12.8 Å². The van der Waals surface area contributed by atoms with Crippen LogP contribution >= 0.6 is 0 Å². The van der Waals surface area contributed by atoms with E-state index in [2.05, 4.69) is 28.3 Å². The number of hydrogen-bond acceptors (Lipinski definition) is 3. The molecule has 0 atom stereocenters. The normalized spacial score (nSPS) is 10.6. The number of aromatic nitrogens is 2. The van der Waals surface area contributed by atoms with Crippen LogP contribution in [0.5, 0.6) is 0 Å². The Hall–Kier alpha value is -0.960. The molecular weight excluding hydrogens is 186 g/mol. The lowest BCUT2D eigenvalue weighted by atomic mass is 10.2. The first-order valence-electron chi connectivity index (χ1n) is 5.74. The van der Waals surface area contributed by atoms with Gasteiger partial charge >= 0.3 is 0 Å². The van der Waals surface area contributed by atoms with Crippen molar-refractivity contribution in [2.75, 3.05) is 13.6 Å². The van der Waals surface area contributed by atoms with Crippen molar-refractivity contribution < 1.29 is 0 Å². The smallest absolute Gasteiger partial charge is 0.128 e. The molecule has 1 N–H and O–H groups in total. The second kappa shape index (κ2) is 6.51. The van der Waals surface area contributed by atoms with Crippen molar-refractivity contribution in [1.29, 1.82) is 0 Å². The van der Waals surface area contributed by atoms with E-state index in [1.165, 1.54) is 5.69 Å². The average Bonchev–Trinajstić information content (AvgIpc) is 2.18. The van der Waals surface area contributed by atoms with Gasteiger partial charge in [0.25, 0.3) is 0 Å². The van der Waals surface area contributed by atoms with Gasteiger partial charge < -0.3 is 5.32 Å². The molecule has 0 bridgehead atoms. The van der Waals surface area contributed by atoms with Gasteiger partial charge in [-0.3, -0.25) is 0 Å². The van der Waals surface area contributed by atoms with E-state index in [4.69, 9.17) is 0 Å². The molecule has 0 fully saturated rings. The minimum Gasteiger partial charge on any atom is -0.320 e. The van der Waals surface area contributed by atoms with E-state index in [1.54, 1.807) is 0 Å². The van der Waals surface area contributed by atoms with Gasteiger partial charge in [0, 0.05) is 17.8 Å². The summed E-state index contributed by atoms with van der Waals surface area (Å²) in [5.74, 6) is 0.994. The SMILES string of the molecule is CCCc1cc(C)nc(CCCNC)n1. The molecule has 0 aromatic carbocycles. The predicted octanol–water partition coefficient (Wildman–Crippen LogP) is 1.89. The van der Waals surface area contributed by atoms with Crippen LogP contribution in [0.25, 0.3) is 0 Å². The van der Waals surface area contributed by atoms with Crippen molar-refractivity contribution in [2.45, 2.75) is 39.5 Å². The lowest BCUT2D eigenvalue weighted by Crippen LogP contribution is -2.10. The number of rotatable bonds is 6. The Labute approximate surface area is 92.3 Å². The van der Waals surface area contributed by atoms with E-state index in [1.807, 2.05) is 14.0 Å². The van der Waals surface area contributed by atoms with Gasteiger partial charge in [0.05, 0.1) is 0 Å². The molecule has 1 aromatic rings. The first kappa shape index (κ1) is 12.1. The Bertz CT molecular complexity index is 297. The first-order chi connectivity index (χ1) is 7.26. The van der Waals surface area contributed by atoms with Crippen molar-refractivity contribution in [3.05, 3.63) is 23.3 Å². The lowest BCUT2D eigenvalue weighted by molar-refractivity contribution is 0.693. The summed E-state index contributed by atoms with van der Waals surface area (Å²) in [5.41, 5.74) is 2.28. The van der Waals surface area contributed by atoms with Crippen molar-refractivity contribution in [3.63, 3.8) is 0 Å². The molecule has 15 heavy (non-hydrogen) atoms. The quantitative estimate of drug-likeness (QED) is 0.724. The molecule has 0 spiro atoms. The standard InChI is InChI=1S/C12H21N3/c1-4-6-11-9-10(2)14-12(15-11)7-5-8-13-3/h9,13H,4-8H2,1-3H3. The van der Waals surface area contributed by atoms with E-state index in [-0.39, 0.29) is 0 Å². The summed E-state index contributed by atoms with van der Waals surface area (Å²) in [6.07, 6.45) is 4.28. The van der Waals surface area contributed by atoms with Crippen molar-refractivity contribution in [3.8, 4) is 0 Å². The van der Waals surface area contributed by atoms with Gasteiger partial charge in [0.2, 0.25) is 0 Å². The molecule has 0 saturated carbocycles. The van der Waals surface area contributed by atoms with Crippen molar-refractivity contribution in [2.24, 2.45) is 0 Å². The zero-order valence-electron chi connectivity index (χ0n) is 10.0. The van der Waals surface area contributed by atoms with E-state index in [0.29, 0.717) is 0 Å². The fraction of sp³-hybridized carbons (Fsp3) is 0.667. The molecule has 0 amide bonds. The Morgan fingerprint density at radius 3 is 2.73 bits per heavy atom. The Balaban J connectivity index is 2.62. The number of aryl methyl sites for hydroxylation is 3. The highest BCUT2D eigenvalue weighted by atomic mass is 14.9. The third kappa shape index (κ3) is 4.38. The van der Waals surface area contributed by atoms with E-state index >= 15 is 0 Å². The molecule has 0 radical (unpaired) electrons. The fourth-order valence-electron chi connectivity index (χ4n) is 1.62. The van der Waals surface area contributed by atoms with Gasteiger partial charge in [-0.1, -0.05) is 13.3 Å². The van der Waals surface area contributed by atoms with E-state index < -0.39 is 0 Å². The van der Waals surface area contributed by atoms with Gasteiger partial charge in [-0.15, -0.1) is 0 Å². The molecule has 1 heterocycles. The van der Waals surface area contributed by atoms with Gasteiger partial charge in [0.1, 0.15) is 5.82 Å². The third-order valence-electron chi connectivity index (χ3n) is 2.29. The average molecular weight is 207 g/mol. The zero-order chi connectivity index (χ0) is 11.1. The van der Waals surface area contributed by atoms with Crippen LogP contribution in [0.2, 0.25) is 0 Å². The summed E-state index contributed by atoms with van der Waals surface area (Å²) in [5, 5.41) is 3.14. The highest BCUT2D eigenvalue weighted by molar-refractivity contribution is 5.10. The van der Waals surface area contributed by atoms with Crippen molar-refractivity contribution >= 4 is 0 Å². The van der Waals surface area contributed by atoms with E-state index in [9.17, 15) is 0 Å². The summed E-state index contributed by atoms with van der Waals surface area (Å²) in [6.45, 7) is 5.25. The maximum atomic E-state index is 4.56. The molecule has 84 valence electrons. The Kier molecular flexibility index (Phi) is 5.26. The lowest BCUT2D eigenvalue weighted by Gasteiger charge is -2.05. The minimum atomic E-state index is 0.971. The molecule has 0 aliphatic rings. The summed E-state index contributed by atoms with van der Waals surface area (Å²) >= 11 is 0. The maximum absolute atomic E-state index is 4.56. The molecule has 1 rings (SSSR count). The molecule has 1 aromatic heterocycles. The third-order valence-corrected chi connectivity index (χ3v) is 2.29. The van der Waals surface area contributed by atoms with E-state index in [0.717, 1.165) is 43.7 Å². The molecule has 0 saturated heterocycles. The topological polar surface area (TPSA) is 37.8 Å². The molecule has 3 nitrogen and oxygen atoms in total. The second-order valence-corrected chi connectivity index (χ2v) is 3.87. The Morgan fingerprint density at radius 2 is 2.07 bits per heavy atom. The maximum Gasteiger partial charge on any atom is 0.128 e. The van der Waals surface area contributed by atoms with Crippen LogP contribution in [0.15, 0.2) is 6.07 Å². The van der Waals surface area contributed by atoms with Gasteiger partial charge in [0.15, 0.2) is 0 Å². The summed E-state index contributed by atoms with van der Waals surface area (Å²) < 4.78 is 0. The summed E-state index contributed by atoms with van der Waals surface area (Å²) in [7, 11) is 1.97. The Morgan fingerprint density at radius 1 is 1.27 bits per heavy atom. The molecular formula is C12H21N3. The zero-order valence-corrected chi connectivity index (χ0v) is 10.0. The summed E-state index contributed by atoms with van der Waals surface area (Å²) in [4.78, 5) is 9.01. The van der Waals surface area contributed by atoms with Crippen molar-refractivity contribution in [1.82, 2.24) is 15.3 Å². The highest BCUT2D eigenvalue weighted by Gasteiger charge is 2.01. The molecule has 0 unspecified atom stereocenters. The highest BCUT2D eigenvalue weighted by Crippen LogP contribution is 2.05. The summed E-state index contributed by atoms with van der Waals surface area (Å²) in [6, 6.07) is 2.09. The largest absolute Gasteiger partial charge is 0.320 e. The van der Waals surface area contributed by atoms with Gasteiger partial charge in [-0.2, -0.15) is 0 Å². The van der Waals surface area contributed by atoms with Crippen LogP contribution in [0.1, 0.15) is 37.0 Å². The van der Waals surface area contributed by atoms with Crippen LogP contribution in [0.4, 0.5) is 0 Å². The van der Waals surface area contributed by atoms with Crippen LogP contribution in [0.3, 0.4) is 0 Å². The molecule has 0 aliphatic heterocycles. The van der Waals surface area contributed by atoms with Gasteiger partial charge in [-0.25, -0.2) is 9.97 Å². The monoisotopic (exact) mass is 207 g/mol. The van der Waals surface area contributed by atoms with Gasteiger partial charge in [-0.05, 0) is 39.4 Å².